The molecule has 1 aromatic carbocycles. The Morgan fingerprint density at radius 1 is 1.26 bits per heavy atom. The maximum atomic E-state index is 13.9. The van der Waals surface area contributed by atoms with Crippen LogP contribution < -0.4 is 11.2 Å². The number of hydrogen-bond donors (Lipinski definition) is 2. The molecule has 13 nitrogen and oxygen atoms in total. The quantitative estimate of drug-likeness (QED) is 0.399. The summed E-state index contributed by atoms with van der Waals surface area (Å²) in [6.45, 7) is 1.41. The molecule has 3 heterocycles. The number of nitrogens with zero attached hydrogens (tertiary/aromatic N) is 3. The fraction of sp³-hybridized carbons (Fsp3) is 0.421. The summed E-state index contributed by atoms with van der Waals surface area (Å²) in [6, 6.07) is 5.17. The minimum absolute atomic E-state index is 0.128. The average molecular weight is 532 g/mol. The van der Waals surface area contributed by atoms with E-state index in [0.29, 0.717) is 0 Å². The van der Waals surface area contributed by atoms with E-state index in [2.05, 4.69) is 5.16 Å². The first kappa shape index (κ1) is 25.5. The largest absolute Gasteiger partial charge is 0.513 e. The van der Waals surface area contributed by atoms with Crippen molar-refractivity contribution < 1.29 is 41.8 Å². The molecule has 3 aromatic rings. The lowest BCUT2D eigenvalue weighted by molar-refractivity contribution is -0.0527. The van der Waals surface area contributed by atoms with Crippen molar-refractivity contribution in [1.29, 1.82) is 0 Å². The number of hydrogen-bond acceptors (Lipinski definition) is 11. The molecule has 0 spiro atoms. The smallest absolute Gasteiger partial charge is 0.387 e. The Kier molecular flexibility index (Phi) is 7.16. The summed E-state index contributed by atoms with van der Waals surface area (Å²) < 4.78 is 59.2. The summed E-state index contributed by atoms with van der Waals surface area (Å²) in [5.74, 6) is -0.656. The molecule has 0 aliphatic carbocycles. The van der Waals surface area contributed by atoms with E-state index in [0.717, 1.165) is 28.1 Å². The van der Waals surface area contributed by atoms with E-state index < -0.39 is 63.8 Å². The van der Waals surface area contributed by atoms with Crippen LogP contribution in [0.3, 0.4) is 0 Å². The zero-order valence-electron chi connectivity index (χ0n) is 18.4. The lowest BCUT2D eigenvalue weighted by Crippen LogP contribution is -2.43. The van der Waals surface area contributed by atoms with Crippen LogP contribution in [-0.4, -0.2) is 62.8 Å². The summed E-state index contributed by atoms with van der Waals surface area (Å²) in [5, 5.41) is 24.8. The van der Waals surface area contributed by atoms with Gasteiger partial charge in [-0.25, -0.2) is 9.18 Å². The van der Waals surface area contributed by atoms with E-state index in [1.807, 2.05) is 0 Å². The normalized spacial score (nSPS) is 24.5. The first-order valence-corrected chi connectivity index (χ1v) is 13.8. The number of benzene rings is 1. The molecule has 2 N–H and O–H groups in total. The van der Waals surface area contributed by atoms with E-state index in [9.17, 15) is 33.3 Å². The Morgan fingerprint density at radius 3 is 2.71 bits per heavy atom. The fourth-order valence-electron chi connectivity index (χ4n) is 3.65. The topological polar surface area (TPSA) is 172 Å². The van der Waals surface area contributed by atoms with Crippen molar-refractivity contribution in [2.75, 3.05) is 19.9 Å². The van der Waals surface area contributed by atoms with Crippen LogP contribution in [0.1, 0.15) is 11.9 Å². The fourth-order valence-corrected chi connectivity index (χ4v) is 5.93. The maximum Gasteiger partial charge on any atom is 0.513 e. The van der Waals surface area contributed by atoms with Gasteiger partial charge in [0.05, 0.1) is 13.2 Å². The van der Waals surface area contributed by atoms with Gasteiger partial charge < -0.3 is 24.0 Å². The number of rotatable bonds is 8. The predicted molar refractivity (Wildman–Crippen MR) is 118 cm³/mol. The third-order valence-corrected chi connectivity index (χ3v) is 8.00. The Morgan fingerprint density at radius 2 is 2.00 bits per heavy atom. The lowest BCUT2D eigenvalue weighted by atomic mass is 10.1. The highest BCUT2D eigenvalue weighted by Gasteiger charge is 2.45. The van der Waals surface area contributed by atoms with Crippen molar-refractivity contribution in [1.82, 2.24) is 14.3 Å². The van der Waals surface area contributed by atoms with Gasteiger partial charge in [-0.1, -0.05) is 15.5 Å². The Bertz CT molecular complexity index is 1440. The molecule has 2 aromatic heterocycles. The van der Waals surface area contributed by atoms with Crippen LogP contribution in [-0.2, 0) is 29.2 Å². The minimum atomic E-state index is -3.73. The summed E-state index contributed by atoms with van der Waals surface area (Å²) in [5.41, 5.74) is -1.61. The summed E-state index contributed by atoms with van der Waals surface area (Å²) in [4.78, 5) is 25.5. The van der Waals surface area contributed by atoms with E-state index >= 15 is 0 Å². The molecule has 6 atom stereocenters. The first-order valence-electron chi connectivity index (χ1n) is 10.2. The molecule has 0 radical (unpaired) electrons. The molecule has 1 aliphatic rings. The highest BCUT2D eigenvalue weighted by atomic mass is 31.2. The number of aliphatic hydroxyl groups is 2. The minimum Gasteiger partial charge on any atom is -0.387 e. The SMILES string of the molecule is C[P+](=O)OP(C)(=O)OC[C@H]1O[C@@H](n2ccc(=O)n(Cc3noc4c(F)cccc34)c2=O)C(O)[C@H]1O. The van der Waals surface area contributed by atoms with Crippen LogP contribution in [0.25, 0.3) is 11.0 Å². The molecule has 1 aliphatic heterocycles. The van der Waals surface area contributed by atoms with Crippen LogP contribution >= 0.6 is 15.6 Å². The summed E-state index contributed by atoms with van der Waals surface area (Å²) >= 11 is 0. The molecular weight excluding hydrogens is 511 g/mol. The van der Waals surface area contributed by atoms with Crippen LogP contribution in [0.2, 0.25) is 0 Å². The Balaban J connectivity index is 1.59. The highest BCUT2D eigenvalue weighted by Crippen LogP contribution is 2.51. The number of halogens is 1. The first-order chi connectivity index (χ1) is 16.5. The van der Waals surface area contributed by atoms with Crippen molar-refractivity contribution in [3.8, 4) is 0 Å². The molecule has 35 heavy (non-hydrogen) atoms. The molecule has 16 heteroatoms. The number of aliphatic hydroxyl groups excluding tert-OH is 2. The number of aromatic nitrogens is 3. The van der Waals surface area contributed by atoms with Gasteiger partial charge >= 0.3 is 21.3 Å². The molecule has 0 bridgehead atoms. The van der Waals surface area contributed by atoms with E-state index in [1.165, 1.54) is 24.9 Å². The number of ether oxygens (including phenoxy) is 1. The second-order valence-corrected chi connectivity index (χ2v) is 11.1. The standard InChI is InChI=1S/C19H21FN3O10P2/c1-34(28)33-35(2,29)30-9-13-15(25)16(26)18(31-13)22-7-6-14(24)23(19(22)27)8-12-10-4-3-5-11(20)17(10)32-21-12/h3-7,13,15-16,18,25-26H,8-9H2,1-2H3/q+1/t13-,15+,16?,18-,35?/m1/s1. The molecular formula is C19H21FN3O10P2+. The molecule has 188 valence electrons. The van der Waals surface area contributed by atoms with Gasteiger partial charge in [0.15, 0.2) is 18.7 Å². The Labute approximate surface area is 197 Å². The molecule has 1 saturated heterocycles. The van der Waals surface area contributed by atoms with Gasteiger partial charge in [0.1, 0.15) is 24.0 Å². The van der Waals surface area contributed by atoms with E-state index in [4.69, 9.17) is 18.1 Å². The molecule has 3 unspecified atom stereocenters. The van der Waals surface area contributed by atoms with Gasteiger partial charge in [0, 0.05) is 24.3 Å². The maximum absolute atomic E-state index is 13.9. The molecule has 0 amide bonds. The average Bonchev–Trinajstić information content (AvgIpc) is 3.31. The third kappa shape index (κ3) is 5.19. The van der Waals surface area contributed by atoms with Gasteiger partial charge in [-0.2, -0.15) is 0 Å². The van der Waals surface area contributed by atoms with Crippen LogP contribution in [0.5, 0.6) is 0 Å². The van der Waals surface area contributed by atoms with Crippen molar-refractivity contribution in [3.05, 3.63) is 62.8 Å². The van der Waals surface area contributed by atoms with Crippen molar-refractivity contribution in [2.24, 2.45) is 0 Å². The second-order valence-electron chi connectivity index (χ2n) is 7.81. The van der Waals surface area contributed by atoms with Crippen molar-refractivity contribution in [3.63, 3.8) is 0 Å². The summed E-state index contributed by atoms with van der Waals surface area (Å²) in [7, 11) is -5.95. The number of para-hydroxylation sites is 1. The molecule has 1 fully saturated rings. The van der Waals surface area contributed by atoms with E-state index in [-0.39, 0.29) is 23.2 Å². The van der Waals surface area contributed by atoms with Crippen LogP contribution in [0.4, 0.5) is 4.39 Å². The van der Waals surface area contributed by atoms with Gasteiger partial charge in [-0.15, -0.1) is 0 Å². The second kappa shape index (κ2) is 9.82. The van der Waals surface area contributed by atoms with Gasteiger partial charge in [0.2, 0.25) is 5.58 Å². The Hall–Kier alpha value is -2.57. The van der Waals surface area contributed by atoms with Gasteiger partial charge in [-0.3, -0.25) is 18.5 Å². The predicted octanol–water partition coefficient (Wildman–Crippen LogP) is 1.19. The van der Waals surface area contributed by atoms with Gasteiger partial charge in [0.25, 0.3) is 5.56 Å². The van der Waals surface area contributed by atoms with Crippen LogP contribution in [0, 0.1) is 5.82 Å². The zero-order valence-corrected chi connectivity index (χ0v) is 20.2. The van der Waals surface area contributed by atoms with Crippen molar-refractivity contribution in [2.45, 2.75) is 31.1 Å². The highest BCUT2D eigenvalue weighted by molar-refractivity contribution is 7.61. The molecule has 4 rings (SSSR count). The van der Waals surface area contributed by atoms with E-state index in [1.54, 1.807) is 0 Å². The van der Waals surface area contributed by atoms with Crippen LogP contribution in [0.15, 0.2) is 44.6 Å². The van der Waals surface area contributed by atoms with Gasteiger partial charge in [-0.05, 0) is 16.7 Å². The number of fused-ring (bicyclic) bond motifs is 1. The lowest BCUT2D eigenvalue weighted by Gasteiger charge is -2.18. The molecule has 0 saturated carbocycles. The third-order valence-electron chi connectivity index (χ3n) is 5.28. The van der Waals surface area contributed by atoms with Crippen molar-refractivity contribution >= 4 is 26.6 Å². The zero-order chi connectivity index (χ0) is 25.5. The monoisotopic (exact) mass is 532 g/mol. The summed E-state index contributed by atoms with van der Waals surface area (Å²) in [6.07, 6.45) is -4.73.